The zero-order chi connectivity index (χ0) is 12.6. The minimum atomic E-state index is -0.409. The van der Waals surface area contributed by atoms with Crippen LogP contribution in [0, 0.1) is 0 Å². The molecular formula is C13H14ClN3O. The summed E-state index contributed by atoms with van der Waals surface area (Å²) in [6.45, 7) is 0. The van der Waals surface area contributed by atoms with Crippen LogP contribution in [-0.2, 0) is 5.54 Å². The van der Waals surface area contributed by atoms with Crippen molar-refractivity contribution in [3.63, 3.8) is 0 Å². The lowest BCUT2D eigenvalue weighted by molar-refractivity contribution is 0.372. The number of hydrogen-bond acceptors (Lipinski definition) is 4. The summed E-state index contributed by atoms with van der Waals surface area (Å²) in [5, 5.41) is 4.71. The van der Waals surface area contributed by atoms with Crippen molar-refractivity contribution >= 4 is 11.6 Å². The second-order valence-electron chi connectivity index (χ2n) is 4.79. The molecule has 0 aliphatic heterocycles. The highest BCUT2D eigenvalue weighted by Gasteiger charge is 2.36. The molecule has 1 heterocycles. The number of benzene rings is 1. The number of hydrogen-bond donors (Lipinski definition) is 1. The molecule has 0 radical (unpaired) electrons. The summed E-state index contributed by atoms with van der Waals surface area (Å²) >= 11 is 5.84. The minimum absolute atomic E-state index is 0.409. The average molecular weight is 264 g/mol. The number of nitrogens with zero attached hydrogens (tertiary/aromatic N) is 2. The van der Waals surface area contributed by atoms with Crippen LogP contribution < -0.4 is 5.73 Å². The first-order chi connectivity index (χ1) is 8.67. The molecule has 0 saturated heterocycles. The van der Waals surface area contributed by atoms with Crippen molar-refractivity contribution in [2.75, 3.05) is 0 Å². The Morgan fingerprint density at radius 3 is 2.50 bits per heavy atom. The van der Waals surface area contributed by atoms with Gasteiger partial charge in [-0.1, -0.05) is 29.6 Å². The first kappa shape index (κ1) is 11.7. The Morgan fingerprint density at radius 2 is 1.83 bits per heavy atom. The lowest BCUT2D eigenvalue weighted by atomic mass is 9.99. The maximum absolute atomic E-state index is 6.29. The van der Waals surface area contributed by atoms with Gasteiger partial charge in [0.1, 0.15) is 0 Å². The van der Waals surface area contributed by atoms with Crippen LogP contribution in [-0.4, -0.2) is 10.1 Å². The largest absolute Gasteiger partial charge is 0.334 e. The SMILES string of the molecule is NC1(c2noc(-c3ccc(Cl)cc3)n2)CCCC1. The van der Waals surface area contributed by atoms with Crippen LogP contribution in [0.25, 0.3) is 11.5 Å². The molecule has 1 aromatic heterocycles. The van der Waals surface area contributed by atoms with Crippen molar-refractivity contribution in [3.8, 4) is 11.5 Å². The third-order valence-electron chi connectivity index (χ3n) is 3.46. The van der Waals surface area contributed by atoms with Crippen molar-refractivity contribution in [1.82, 2.24) is 10.1 Å². The van der Waals surface area contributed by atoms with Crippen LogP contribution in [0.2, 0.25) is 5.02 Å². The van der Waals surface area contributed by atoms with Crippen LogP contribution in [0.1, 0.15) is 31.5 Å². The Balaban J connectivity index is 1.91. The summed E-state index contributed by atoms with van der Waals surface area (Å²) < 4.78 is 5.28. The van der Waals surface area contributed by atoms with E-state index in [9.17, 15) is 0 Å². The predicted octanol–water partition coefficient (Wildman–Crippen LogP) is 3.12. The Morgan fingerprint density at radius 1 is 1.17 bits per heavy atom. The molecule has 0 spiro atoms. The molecule has 94 valence electrons. The van der Waals surface area contributed by atoms with Crippen molar-refractivity contribution in [1.29, 1.82) is 0 Å². The molecular weight excluding hydrogens is 250 g/mol. The second kappa shape index (κ2) is 4.37. The lowest BCUT2D eigenvalue weighted by Crippen LogP contribution is -2.34. The zero-order valence-electron chi connectivity index (χ0n) is 9.90. The Kier molecular flexibility index (Phi) is 2.84. The van der Waals surface area contributed by atoms with Crippen molar-refractivity contribution in [2.24, 2.45) is 5.73 Å². The lowest BCUT2D eigenvalue weighted by Gasteiger charge is -2.17. The second-order valence-corrected chi connectivity index (χ2v) is 5.23. The van der Waals surface area contributed by atoms with Crippen LogP contribution >= 0.6 is 11.6 Å². The number of rotatable bonds is 2. The molecule has 0 atom stereocenters. The van der Waals surface area contributed by atoms with Gasteiger partial charge in [-0.25, -0.2) is 0 Å². The summed E-state index contributed by atoms with van der Waals surface area (Å²) in [6, 6.07) is 7.32. The highest BCUT2D eigenvalue weighted by atomic mass is 35.5. The normalized spacial score (nSPS) is 18.1. The maximum atomic E-state index is 6.29. The van der Waals surface area contributed by atoms with E-state index in [4.69, 9.17) is 21.9 Å². The van der Waals surface area contributed by atoms with E-state index >= 15 is 0 Å². The highest BCUT2D eigenvalue weighted by Crippen LogP contribution is 2.35. The average Bonchev–Trinajstić information content (AvgIpc) is 2.99. The molecule has 1 saturated carbocycles. The molecule has 5 heteroatoms. The molecule has 2 N–H and O–H groups in total. The minimum Gasteiger partial charge on any atom is -0.334 e. The van der Waals surface area contributed by atoms with E-state index < -0.39 is 5.54 Å². The molecule has 1 aliphatic carbocycles. The van der Waals surface area contributed by atoms with E-state index in [1.54, 1.807) is 12.1 Å². The molecule has 1 aromatic carbocycles. The van der Waals surface area contributed by atoms with Gasteiger partial charge in [0, 0.05) is 10.6 Å². The summed E-state index contributed by atoms with van der Waals surface area (Å²) in [5.74, 6) is 1.11. The number of nitrogens with two attached hydrogens (primary N) is 1. The number of aromatic nitrogens is 2. The molecule has 3 rings (SSSR count). The molecule has 0 amide bonds. The van der Waals surface area contributed by atoms with Gasteiger partial charge in [0.25, 0.3) is 5.89 Å². The zero-order valence-corrected chi connectivity index (χ0v) is 10.7. The molecule has 0 unspecified atom stereocenters. The van der Waals surface area contributed by atoms with E-state index in [0.29, 0.717) is 16.7 Å². The monoisotopic (exact) mass is 263 g/mol. The van der Waals surface area contributed by atoms with Crippen LogP contribution in [0.3, 0.4) is 0 Å². The van der Waals surface area contributed by atoms with Gasteiger partial charge in [0.05, 0.1) is 5.54 Å². The maximum Gasteiger partial charge on any atom is 0.257 e. The van der Waals surface area contributed by atoms with Crippen LogP contribution in [0.15, 0.2) is 28.8 Å². The molecule has 0 bridgehead atoms. The number of halogens is 1. The fourth-order valence-corrected chi connectivity index (χ4v) is 2.49. The Bertz CT molecular complexity index is 544. The van der Waals surface area contributed by atoms with E-state index in [1.807, 2.05) is 12.1 Å². The quantitative estimate of drug-likeness (QED) is 0.904. The topological polar surface area (TPSA) is 64.9 Å². The fourth-order valence-electron chi connectivity index (χ4n) is 2.36. The van der Waals surface area contributed by atoms with Crippen molar-refractivity contribution in [3.05, 3.63) is 35.1 Å². The predicted molar refractivity (Wildman–Crippen MR) is 69.1 cm³/mol. The third-order valence-corrected chi connectivity index (χ3v) is 3.71. The van der Waals surface area contributed by atoms with Gasteiger partial charge >= 0.3 is 0 Å². The van der Waals surface area contributed by atoms with Gasteiger partial charge in [-0.3, -0.25) is 0 Å². The first-order valence-electron chi connectivity index (χ1n) is 6.06. The van der Waals surface area contributed by atoms with Gasteiger partial charge in [-0.2, -0.15) is 4.98 Å². The third kappa shape index (κ3) is 2.02. The smallest absolute Gasteiger partial charge is 0.257 e. The first-order valence-corrected chi connectivity index (χ1v) is 6.44. The standard InChI is InChI=1S/C13H14ClN3O/c14-10-5-3-9(4-6-10)11-16-12(17-18-11)13(15)7-1-2-8-13/h3-6H,1-2,7-8,15H2. The molecule has 1 fully saturated rings. The highest BCUT2D eigenvalue weighted by molar-refractivity contribution is 6.30. The van der Waals surface area contributed by atoms with Gasteiger partial charge in [0.2, 0.25) is 0 Å². The fraction of sp³-hybridized carbons (Fsp3) is 0.385. The summed E-state index contributed by atoms with van der Waals surface area (Å²) in [6.07, 6.45) is 4.10. The van der Waals surface area contributed by atoms with Crippen LogP contribution in [0.5, 0.6) is 0 Å². The van der Waals surface area contributed by atoms with E-state index in [0.717, 1.165) is 31.2 Å². The molecule has 18 heavy (non-hydrogen) atoms. The summed E-state index contributed by atoms with van der Waals surface area (Å²) in [7, 11) is 0. The molecule has 4 nitrogen and oxygen atoms in total. The van der Waals surface area contributed by atoms with Gasteiger partial charge in [-0.15, -0.1) is 0 Å². The summed E-state index contributed by atoms with van der Waals surface area (Å²) in [4.78, 5) is 4.42. The van der Waals surface area contributed by atoms with Crippen LogP contribution in [0.4, 0.5) is 0 Å². The van der Waals surface area contributed by atoms with Gasteiger partial charge < -0.3 is 10.3 Å². The van der Waals surface area contributed by atoms with E-state index in [1.165, 1.54) is 0 Å². The Labute approximate surface area is 110 Å². The molecule has 2 aromatic rings. The van der Waals surface area contributed by atoms with Crippen molar-refractivity contribution in [2.45, 2.75) is 31.2 Å². The van der Waals surface area contributed by atoms with Gasteiger partial charge in [0.15, 0.2) is 5.82 Å². The van der Waals surface area contributed by atoms with E-state index in [-0.39, 0.29) is 0 Å². The summed E-state index contributed by atoms with van der Waals surface area (Å²) in [5.41, 5.74) is 6.74. The van der Waals surface area contributed by atoms with Crippen molar-refractivity contribution < 1.29 is 4.52 Å². The molecule has 1 aliphatic rings. The Hall–Kier alpha value is -1.39. The van der Waals surface area contributed by atoms with Gasteiger partial charge in [-0.05, 0) is 37.1 Å². The van der Waals surface area contributed by atoms with E-state index in [2.05, 4.69) is 10.1 Å².